The van der Waals surface area contributed by atoms with E-state index >= 15 is 0 Å². The molecule has 2 nitrogen and oxygen atoms in total. The molecule has 0 saturated heterocycles. The van der Waals surface area contributed by atoms with Gasteiger partial charge in [0.15, 0.2) is 5.78 Å². The minimum Gasteiger partial charge on any atom is -0.294 e. The van der Waals surface area contributed by atoms with E-state index in [1.807, 2.05) is 42.5 Å². The highest BCUT2D eigenvalue weighted by Gasteiger charge is 2.07. The predicted molar refractivity (Wildman–Crippen MR) is 75.1 cm³/mol. The van der Waals surface area contributed by atoms with E-state index in [2.05, 4.69) is 11.1 Å². The molecule has 0 aliphatic carbocycles. The Balaban J connectivity index is 2.10. The minimum absolute atomic E-state index is 0.104. The maximum Gasteiger partial charge on any atom is 0.169 e. The van der Waals surface area contributed by atoms with Crippen LogP contribution >= 0.6 is 11.3 Å². The number of para-hydroxylation sites is 1. The van der Waals surface area contributed by atoms with E-state index < -0.39 is 0 Å². The van der Waals surface area contributed by atoms with Crippen molar-refractivity contribution in [2.45, 2.75) is 6.92 Å². The number of ketones is 1. The van der Waals surface area contributed by atoms with E-state index in [0.29, 0.717) is 0 Å². The van der Waals surface area contributed by atoms with Gasteiger partial charge in [-0.3, -0.25) is 4.79 Å². The second kappa shape index (κ2) is 4.35. The Morgan fingerprint density at radius 3 is 2.67 bits per heavy atom. The number of hydrogen-bond donors (Lipinski definition) is 0. The third-order valence-corrected chi connectivity index (χ3v) is 4.01. The Hall–Kier alpha value is -2.00. The Morgan fingerprint density at radius 1 is 1.06 bits per heavy atom. The number of thiophene rings is 1. The smallest absolute Gasteiger partial charge is 0.169 e. The second-order valence-corrected chi connectivity index (χ2v) is 5.19. The zero-order valence-corrected chi connectivity index (χ0v) is 10.7. The molecule has 18 heavy (non-hydrogen) atoms. The first-order valence-corrected chi connectivity index (χ1v) is 6.52. The number of pyridine rings is 1. The molecule has 88 valence electrons. The van der Waals surface area contributed by atoms with Gasteiger partial charge in [0.2, 0.25) is 0 Å². The van der Waals surface area contributed by atoms with E-state index in [4.69, 9.17) is 0 Å². The highest BCUT2D eigenvalue weighted by molar-refractivity contribution is 7.17. The summed E-state index contributed by atoms with van der Waals surface area (Å²) < 4.78 is 0. The Morgan fingerprint density at radius 2 is 1.89 bits per heavy atom. The molecule has 3 rings (SSSR count). The molecule has 2 heterocycles. The fourth-order valence-corrected chi connectivity index (χ4v) is 2.74. The average Bonchev–Trinajstić information content (AvgIpc) is 2.88. The van der Waals surface area contributed by atoms with Gasteiger partial charge in [-0.05, 0) is 31.2 Å². The summed E-state index contributed by atoms with van der Waals surface area (Å²) in [6.07, 6.45) is 0. The van der Waals surface area contributed by atoms with Crippen LogP contribution in [-0.2, 0) is 0 Å². The zero-order chi connectivity index (χ0) is 12.5. The molecule has 0 aliphatic rings. The molecule has 0 N–H and O–H groups in total. The van der Waals surface area contributed by atoms with Gasteiger partial charge in [-0.2, -0.15) is 0 Å². The van der Waals surface area contributed by atoms with Crippen molar-refractivity contribution in [3.05, 3.63) is 53.4 Å². The van der Waals surface area contributed by atoms with Gasteiger partial charge in [0.1, 0.15) is 0 Å². The molecule has 0 unspecified atom stereocenters. The topological polar surface area (TPSA) is 30.0 Å². The van der Waals surface area contributed by atoms with Gasteiger partial charge in [-0.15, -0.1) is 11.3 Å². The number of hydrogen-bond acceptors (Lipinski definition) is 3. The Bertz CT molecular complexity index is 730. The number of benzene rings is 1. The molecular weight excluding hydrogens is 242 g/mol. The van der Waals surface area contributed by atoms with Crippen LogP contribution in [0.1, 0.15) is 16.6 Å². The Kier molecular flexibility index (Phi) is 2.68. The van der Waals surface area contributed by atoms with Crippen molar-refractivity contribution in [2.24, 2.45) is 0 Å². The molecule has 0 amide bonds. The van der Waals surface area contributed by atoms with Crippen LogP contribution in [0.25, 0.3) is 21.5 Å². The molecule has 0 atom stereocenters. The number of fused-ring (bicyclic) bond motifs is 1. The van der Waals surface area contributed by atoms with E-state index in [0.717, 1.165) is 26.4 Å². The lowest BCUT2D eigenvalue weighted by Gasteiger charge is -2.00. The summed E-state index contributed by atoms with van der Waals surface area (Å²) in [5.41, 5.74) is 1.90. The van der Waals surface area contributed by atoms with Gasteiger partial charge in [0.25, 0.3) is 0 Å². The molecule has 3 heteroatoms. The molecule has 0 spiro atoms. The number of nitrogens with zero attached hydrogens (tertiary/aromatic N) is 1. The first kappa shape index (κ1) is 11.1. The van der Waals surface area contributed by atoms with Crippen molar-refractivity contribution in [1.82, 2.24) is 4.98 Å². The van der Waals surface area contributed by atoms with Gasteiger partial charge < -0.3 is 0 Å². The molecule has 0 saturated carbocycles. The van der Waals surface area contributed by atoms with Gasteiger partial charge in [-0.1, -0.05) is 24.3 Å². The monoisotopic (exact) mass is 253 g/mol. The van der Waals surface area contributed by atoms with Crippen molar-refractivity contribution in [2.75, 3.05) is 0 Å². The lowest BCUT2D eigenvalue weighted by atomic mass is 10.2. The molecule has 3 aromatic rings. The van der Waals surface area contributed by atoms with Crippen LogP contribution < -0.4 is 0 Å². The second-order valence-electron chi connectivity index (χ2n) is 4.11. The fourth-order valence-electron chi connectivity index (χ4n) is 1.87. The first-order chi connectivity index (χ1) is 8.74. The third kappa shape index (κ3) is 1.93. The van der Waals surface area contributed by atoms with Crippen LogP contribution in [-0.4, -0.2) is 10.8 Å². The summed E-state index contributed by atoms with van der Waals surface area (Å²) in [6, 6.07) is 15.9. The van der Waals surface area contributed by atoms with E-state index in [9.17, 15) is 4.79 Å². The molecule has 0 bridgehead atoms. The van der Waals surface area contributed by atoms with Crippen LogP contribution in [0.3, 0.4) is 0 Å². The summed E-state index contributed by atoms with van der Waals surface area (Å²) in [6.45, 7) is 1.59. The van der Waals surface area contributed by atoms with Gasteiger partial charge in [-0.25, -0.2) is 4.98 Å². The number of carbonyl (C=O) groups excluding carboxylic acids is 1. The standard InChI is InChI=1S/C15H11NOS/c1-10(17)14-8-9-15(18-14)13-7-6-11-4-2-3-5-12(11)16-13/h2-9H,1H3. The van der Waals surface area contributed by atoms with E-state index in [1.165, 1.54) is 11.3 Å². The molecule has 2 aromatic heterocycles. The van der Waals surface area contributed by atoms with Crippen LogP contribution in [0.5, 0.6) is 0 Å². The summed E-state index contributed by atoms with van der Waals surface area (Å²) >= 11 is 1.49. The van der Waals surface area contributed by atoms with Gasteiger partial charge in [0, 0.05) is 5.39 Å². The van der Waals surface area contributed by atoms with Gasteiger partial charge >= 0.3 is 0 Å². The number of Topliss-reactive ketones (excluding diaryl/α,β-unsaturated/α-hetero) is 1. The molecule has 0 fully saturated rings. The van der Waals surface area contributed by atoms with Crippen molar-refractivity contribution < 1.29 is 4.79 Å². The minimum atomic E-state index is 0.104. The van der Waals surface area contributed by atoms with Crippen molar-refractivity contribution in [1.29, 1.82) is 0 Å². The maximum absolute atomic E-state index is 11.3. The zero-order valence-electron chi connectivity index (χ0n) is 9.88. The SMILES string of the molecule is CC(=O)c1ccc(-c2ccc3ccccc3n2)s1. The maximum atomic E-state index is 11.3. The van der Waals surface area contributed by atoms with E-state index in [-0.39, 0.29) is 5.78 Å². The number of rotatable bonds is 2. The molecule has 1 aromatic carbocycles. The molecule has 0 radical (unpaired) electrons. The first-order valence-electron chi connectivity index (χ1n) is 5.71. The summed E-state index contributed by atoms with van der Waals surface area (Å²) in [5, 5.41) is 1.13. The van der Waals surface area contributed by atoms with Crippen molar-refractivity contribution in [3.63, 3.8) is 0 Å². The average molecular weight is 253 g/mol. The lowest BCUT2D eigenvalue weighted by Crippen LogP contribution is -1.84. The quantitative estimate of drug-likeness (QED) is 0.642. The van der Waals surface area contributed by atoms with Crippen LogP contribution in [0.2, 0.25) is 0 Å². The highest BCUT2D eigenvalue weighted by Crippen LogP contribution is 2.28. The molecular formula is C15H11NOS. The van der Waals surface area contributed by atoms with Crippen molar-refractivity contribution in [3.8, 4) is 10.6 Å². The Labute approximate surface area is 109 Å². The number of aromatic nitrogens is 1. The van der Waals surface area contributed by atoms with E-state index in [1.54, 1.807) is 6.92 Å². The summed E-state index contributed by atoms with van der Waals surface area (Å²) in [7, 11) is 0. The van der Waals surface area contributed by atoms with Crippen LogP contribution in [0, 0.1) is 0 Å². The predicted octanol–water partition coefficient (Wildman–Crippen LogP) is 4.17. The van der Waals surface area contributed by atoms with Crippen LogP contribution in [0.4, 0.5) is 0 Å². The normalized spacial score (nSPS) is 10.7. The fraction of sp³-hybridized carbons (Fsp3) is 0.0667. The third-order valence-electron chi connectivity index (χ3n) is 2.80. The molecule has 0 aliphatic heterocycles. The summed E-state index contributed by atoms with van der Waals surface area (Å²) in [5.74, 6) is 0.104. The van der Waals surface area contributed by atoms with Crippen LogP contribution in [0.15, 0.2) is 48.5 Å². The van der Waals surface area contributed by atoms with Gasteiger partial charge in [0.05, 0.1) is 21.0 Å². The number of carbonyl (C=O) groups is 1. The van der Waals surface area contributed by atoms with Crippen molar-refractivity contribution >= 4 is 28.0 Å². The lowest BCUT2D eigenvalue weighted by molar-refractivity contribution is 0.102. The largest absolute Gasteiger partial charge is 0.294 e. The highest BCUT2D eigenvalue weighted by atomic mass is 32.1. The summed E-state index contributed by atoms with van der Waals surface area (Å²) in [4.78, 5) is 17.7.